The van der Waals surface area contributed by atoms with Crippen LogP contribution in [-0.2, 0) is 4.74 Å². The standard InChI is InChI=1S/C15H28N4O/c1-3-17-15(2,13-16)5-7-18-6-4-14(12-18)19-8-10-20-11-9-19/h14,17H,3-12H2,1-2H3. The summed E-state index contributed by atoms with van der Waals surface area (Å²) >= 11 is 0. The van der Waals surface area contributed by atoms with Crippen LogP contribution in [0.25, 0.3) is 0 Å². The Morgan fingerprint density at radius 3 is 2.75 bits per heavy atom. The van der Waals surface area contributed by atoms with Crippen molar-refractivity contribution in [3.8, 4) is 6.07 Å². The Kier molecular flexibility index (Phi) is 5.79. The lowest BCUT2D eigenvalue weighted by atomic mass is 9.99. The third-order valence-electron chi connectivity index (χ3n) is 4.55. The normalized spacial score (nSPS) is 28.1. The van der Waals surface area contributed by atoms with Gasteiger partial charge in [0.05, 0.1) is 19.3 Å². The van der Waals surface area contributed by atoms with Crippen LogP contribution >= 0.6 is 0 Å². The highest BCUT2D eigenvalue weighted by Gasteiger charge is 2.30. The van der Waals surface area contributed by atoms with Crippen molar-refractivity contribution in [3.63, 3.8) is 0 Å². The van der Waals surface area contributed by atoms with Gasteiger partial charge in [-0.2, -0.15) is 5.26 Å². The van der Waals surface area contributed by atoms with Crippen LogP contribution in [0.3, 0.4) is 0 Å². The monoisotopic (exact) mass is 280 g/mol. The van der Waals surface area contributed by atoms with Crippen molar-refractivity contribution in [2.24, 2.45) is 0 Å². The molecule has 0 aromatic carbocycles. The predicted molar refractivity (Wildman–Crippen MR) is 79.5 cm³/mol. The highest BCUT2D eigenvalue weighted by molar-refractivity contribution is 5.04. The van der Waals surface area contributed by atoms with E-state index in [1.54, 1.807) is 0 Å². The lowest BCUT2D eigenvalue weighted by Crippen LogP contribution is -2.46. The Hall–Kier alpha value is -0.670. The molecule has 2 fully saturated rings. The molecular formula is C15H28N4O. The second-order valence-corrected chi connectivity index (χ2v) is 6.12. The molecule has 2 heterocycles. The predicted octanol–water partition coefficient (Wildman–Crippen LogP) is 0.675. The first-order valence-electron chi connectivity index (χ1n) is 7.87. The molecule has 0 aliphatic carbocycles. The molecule has 0 saturated carbocycles. The van der Waals surface area contributed by atoms with Gasteiger partial charge in [-0.1, -0.05) is 6.92 Å². The maximum absolute atomic E-state index is 9.29. The van der Waals surface area contributed by atoms with Gasteiger partial charge in [-0.15, -0.1) is 0 Å². The molecule has 2 saturated heterocycles. The minimum Gasteiger partial charge on any atom is -0.379 e. The van der Waals surface area contributed by atoms with E-state index in [1.807, 2.05) is 6.92 Å². The highest BCUT2D eigenvalue weighted by atomic mass is 16.5. The van der Waals surface area contributed by atoms with Crippen molar-refractivity contribution in [1.82, 2.24) is 15.1 Å². The van der Waals surface area contributed by atoms with Crippen LogP contribution in [0.2, 0.25) is 0 Å². The number of likely N-dealkylation sites (tertiary alicyclic amines) is 1. The molecule has 2 unspecified atom stereocenters. The molecule has 5 nitrogen and oxygen atoms in total. The molecule has 0 amide bonds. The summed E-state index contributed by atoms with van der Waals surface area (Å²) in [6.07, 6.45) is 2.15. The van der Waals surface area contributed by atoms with Gasteiger partial charge >= 0.3 is 0 Å². The molecule has 0 aromatic heterocycles. The van der Waals surface area contributed by atoms with Gasteiger partial charge in [0.2, 0.25) is 0 Å². The van der Waals surface area contributed by atoms with Gasteiger partial charge in [0.15, 0.2) is 0 Å². The molecule has 0 radical (unpaired) electrons. The number of nitrogens with zero attached hydrogens (tertiary/aromatic N) is 3. The van der Waals surface area contributed by atoms with Gasteiger partial charge in [0, 0.05) is 32.2 Å². The van der Waals surface area contributed by atoms with Gasteiger partial charge in [0.25, 0.3) is 0 Å². The van der Waals surface area contributed by atoms with Crippen molar-refractivity contribution in [1.29, 1.82) is 5.26 Å². The van der Waals surface area contributed by atoms with E-state index in [9.17, 15) is 5.26 Å². The summed E-state index contributed by atoms with van der Waals surface area (Å²) < 4.78 is 5.42. The fraction of sp³-hybridized carbons (Fsp3) is 0.933. The van der Waals surface area contributed by atoms with Crippen molar-refractivity contribution in [2.45, 2.75) is 38.3 Å². The van der Waals surface area contributed by atoms with E-state index in [0.717, 1.165) is 58.9 Å². The molecule has 0 aromatic rings. The van der Waals surface area contributed by atoms with Crippen LogP contribution in [0.15, 0.2) is 0 Å². The first-order valence-corrected chi connectivity index (χ1v) is 7.87. The number of nitriles is 1. The summed E-state index contributed by atoms with van der Waals surface area (Å²) in [6.45, 7) is 12.1. The minimum absolute atomic E-state index is 0.383. The smallest absolute Gasteiger partial charge is 0.105 e. The average molecular weight is 280 g/mol. The summed E-state index contributed by atoms with van der Waals surface area (Å²) in [5.41, 5.74) is -0.383. The number of rotatable bonds is 6. The number of morpholine rings is 1. The minimum atomic E-state index is -0.383. The Morgan fingerprint density at radius 1 is 1.35 bits per heavy atom. The zero-order valence-corrected chi connectivity index (χ0v) is 12.9. The van der Waals surface area contributed by atoms with E-state index < -0.39 is 0 Å². The molecule has 2 rings (SSSR count). The third kappa shape index (κ3) is 4.16. The first kappa shape index (κ1) is 15.7. The Bertz CT molecular complexity index is 337. The van der Waals surface area contributed by atoms with E-state index in [0.29, 0.717) is 6.04 Å². The third-order valence-corrected chi connectivity index (χ3v) is 4.55. The number of hydrogen-bond acceptors (Lipinski definition) is 5. The van der Waals surface area contributed by atoms with Gasteiger partial charge < -0.3 is 9.64 Å². The van der Waals surface area contributed by atoms with Crippen molar-refractivity contribution >= 4 is 0 Å². The SMILES string of the molecule is CCNC(C)(C#N)CCN1CCC(N2CCOCC2)C1. The van der Waals surface area contributed by atoms with Gasteiger partial charge in [-0.3, -0.25) is 10.2 Å². The van der Waals surface area contributed by atoms with E-state index in [-0.39, 0.29) is 5.54 Å². The first-order chi connectivity index (χ1) is 9.67. The fourth-order valence-corrected chi connectivity index (χ4v) is 3.21. The summed E-state index contributed by atoms with van der Waals surface area (Å²) in [5, 5.41) is 12.6. The summed E-state index contributed by atoms with van der Waals surface area (Å²) in [6, 6.07) is 3.10. The quantitative estimate of drug-likeness (QED) is 0.775. The molecule has 5 heteroatoms. The number of nitrogens with one attached hydrogen (secondary N) is 1. The van der Waals surface area contributed by atoms with Crippen molar-refractivity contribution < 1.29 is 4.74 Å². The molecule has 1 N–H and O–H groups in total. The van der Waals surface area contributed by atoms with E-state index in [2.05, 4.69) is 28.1 Å². The van der Waals surface area contributed by atoms with Crippen molar-refractivity contribution in [2.75, 3.05) is 52.5 Å². The topological polar surface area (TPSA) is 51.5 Å². The lowest BCUT2D eigenvalue weighted by Gasteiger charge is -2.32. The molecule has 2 aliphatic rings. The van der Waals surface area contributed by atoms with Crippen LogP contribution in [0.1, 0.15) is 26.7 Å². The summed E-state index contributed by atoms with van der Waals surface area (Å²) in [4.78, 5) is 5.07. The van der Waals surface area contributed by atoms with Gasteiger partial charge in [-0.05, 0) is 32.9 Å². The molecule has 0 spiro atoms. The van der Waals surface area contributed by atoms with Crippen molar-refractivity contribution in [3.05, 3.63) is 0 Å². The average Bonchev–Trinajstić information content (AvgIpc) is 2.95. The molecule has 2 aliphatic heterocycles. The van der Waals surface area contributed by atoms with E-state index >= 15 is 0 Å². The van der Waals surface area contributed by atoms with Crippen LogP contribution in [-0.4, -0.2) is 73.9 Å². The lowest BCUT2D eigenvalue weighted by molar-refractivity contribution is 0.0184. The van der Waals surface area contributed by atoms with E-state index in [1.165, 1.54) is 6.42 Å². The molecule has 114 valence electrons. The van der Waals surface area contributed by atoms with Gasteiger partial charge in [-0.25, -0.2) is 0 Å². The zero-order chi connectivity index (χ0) is 14.4. The second-order valence-electron chi connectivity index (χ2n) is 6.12. The summed E-state index contributed by atoms with van der Waals surface area (Å²) in [5.74, 6) is 0. The second kappa shape index (κ2) is 7.37. The summed E-state index contributed by atoms with van der Waals surface area (Å²) in [7, 11) is 0. The maximum Gasteiger partial charge on any atom is 0.105 e. The molecule has 2 atom stereocenters. The van der Waals surface area contributed by atoms with Crippen LogP contribution in [0.4, 0.5) is 0 Å². The Labute approximate surface area is 122 Å². The molecule has 0 bridgehead atoms. The number of hydrogen-bond donors (Lipinski definition) is 1. The van der Waals surface area contributed by atoms with Crippen LogP contribution in [0, 0.1) is 11.3 Å². The molecular weight excluding hydrogens is 252 g/mol. The zero-order valence-electron chi connectivity index (χ0n) is 12.9. The van der Waals surface area contributed by atoms with Crippen LogP contribution < -0.4 is 5.32 Å². The Morgan fingerprint density at radius 2 is 2.10 bits per heavy atom. The number of ether oxygens (including phenoxy) is 1. The van der Waals surface area contributed by atoms with Gasteiger partial charge in [0.1, 0.15) is 5.54 Å². The largest absolute Gasteiger partial charge is 0.379 e. The fourth-order valence-electron chi connectivity index (χ4n) is 3.21. The molecule has 20 heavy (non-hydrogen) atoms. The Balaban J connectivity index is 1.74. The highest BCUT2D eigenvalue weighted by Crippen LogP contribution is 2.19. The van der Waals surface area contributed by atoms with Crippen LogP contribution in [0.5, 0.6) is 0 Å². The maximum atomic E-state index is 9.29. The van der Waals surface area contributed by atoms with E-state index in [4.69, 9.17) is 4.74 Å².